The van der Waals surface area contributed by atoms with E-state index in [1.807, 2.05) is 25.1 Å². The minimum absolute atomic E-state index is 0.00780. The summed E-state index contributed by atoms with van der Waals surface area (Å²) in [6, 6.07) is 10.2. The first kappa shape index (κ1) is 17.3. The first-order chi connectivity index (χ1) is 12.7. The predicted octanol–water partition coefficient (Wildman–Crippen LogP) is 4.55. The van der Waals surface area contributed by atoms with E-state index in [0.717, 1.165) is 37.7 Å². The average molecular weight is 369 g/mol. The molecular formula is C21H23NO3S. The molecule has 0 bridgehead atoms. The van der Waals surface area contributed by atoms with Crippen molar-refractivity contribution in [3.05, 3.63) is 51.9 Å². The lowest BCUT2D eigenvalue weighted by Crippen LogP contribution is -2.17. The number of hydrogen-bond donors (Lipinski definition) is 1. The molecule has 0 saturated heterocycles. The van der Waals surface area contributed by atoms with Crippen molar-refractivity contribution in [3.63, 3.8) is 0 Å². The second-order valence-electron chi connectivity index (χ2n) is 6.98. The van der Waals surface area contributed by atoms with E-state index in [1.54, 1.807) is 11.3 Å². The maximum absolute atomic E-state index is 12.7. The molecule has 26 heavy (non-hydrogen) atoms. The van der Waals surface area contributed by atoms with Crippen molar-refractivity contribution < 1.29 is 14.3 Å². The second-order valence-corrected chi connectivity index (χ2v) is 8.09. The van der Waals surface area contributed by atoms with E-state index in [4.69, 9.17) is 4.74 Å². The highest BCUT2D eigenvalue weighted by molar-refractivity contribution is 7.17. The van der Waals surface area contributed by atoms with Crippen LogP contribution < -0.4 is 5.32 Å². The first-order valence-corrected chi connectivity index (χ1v) is 10.2. The maximum atomic E-state index is 12.7. The summed E-state index contributed by atoms with van der Waals surface area (Å²) < 4.78 is 5.26. The van der Waals surface area contributed by atoms with Gasteiger partial charge in [0, 0.05) is 10.8 Å². The molecule has 1 fully saturated rings. The molecule has 2 aromatic rings. The average Bonchev–Trinajstić information content (AvgIpc) is 3.38. The van der Waals surface area contributed by atoms with Gasteiger partial charge in [0.2, 0.25) is 5.91 Å². The Labute approximate surface area is 157 Å². The number of hydrogen-bond acceptors (Lipinski definition) is 4. The fourth-order valence-electron chi connectivity index (χ4n) is 3.83. The molecule has 2 atom stereocenters. The Kier molecular flexibility index (Phi) is 4.81. The minimum Gasteiger partial charge on any atom is -0.462 e. The molecule has 2 aliphatic rings. The van der Waals surface area contributed by atoms with Crippen LogP contribution in [0.25, 0.3) is 0 Å². The van der Waals surface area contributed by atoms with Crippen molar-refractivity contribution in [1.82, 2.24) is 0 Å². The normalized spacial score (nSPS) is 21.0. The molecule has 136 valence electrons. The Morgan fingerprint density at radius 2 is 1.96 bits per heavy atom. The molecule has 1 aromatic carbocycles. The zero-order valence-electron chi connectivity index (χ0n) is 14.9. The van der Waals surface area contributed by atoms with Gasteiger partial charge in [-0.15, -0.1) is 11.3 Å². The molecule has 1 aromatic heterocycles. The number of carbonyl (C=O) groups is 2. The fourth-order valence-corrected chi connectivity index (χ4v) is 5.11. The maximum Gasteiger partial charge on any atom is 0.341 e. The largest absolute Gasteiger partial charge is 0.462 e. The van der Waals surface area contributed by atoms with Gasteiger partial charge in [0.15, 0.2) is 0 Å². The zero-order chi connectivity index (χ0) is 18.1. The van der Waals surface area contributed by atoms with Gasteiger partial charge in [-0.25, -0.2) is 4.79 Å². The number of amides is 1. The number of thiophene rings is 1. The van der Waals surface area contributed by atoms with Gasteiger partial charge in [-0.2, -0.15) is 0 Å². The Morgan fingerprint density at radius 1 is 1.19 bits per heavy atom. The van der Waals surface area contributed by atoms with Gasteiger partial charge in [0.25, 0.3) is 0 Å². The number of aryl methyl sites for hydroxylation is 1. The van der Waals surface area contributed by atoms with Crippen molar-refractivity contribution >= 4 is 28.2 Å². The van der Waals surface area contributed by atoms with Crippen LogP contribution >= 0.6 is 11.3 Å². The number of benzene rings is 1. The van der Waals surface area contributed by atoms with Crippen LogP contribution in [0.1, 0.15) is 58.5 Å². The number of ether oxygens (including phenoxy) is 1. The first-order valence-electron chi connectivity index (χ1n) is 9.36. The van der Waals surface area contributed by atoms with Gasteiger partial charge in [0.1, 0.15) is 5.00 Å². The van der Waals surface area contributed by atoms with E-state index >= 15 is 0 Å². The van der Waals surface area contributed by atoms with Crippen LogP contribution in [0.3, 0.4) is 0 Å². The molecule has 0 aliphatic heterocycles. The van der Waals surface area contributed by atoms with E-state index in [0.29, 0.717) is 17.2 Å². The third-order valence-corrected chi connectivity index (χ3v) is 6.45. The molecule has 1 N–H and O–H groups in total. The van der Waals surface area contributed by atoms with E-state index in [2.05, 4.69) is 17.4 Å². The summed E-state index contributed by atoms with van der Waals surface area (Å²) in [5.74, 6) is -0.0102. The molecule has 0 unspecified atom stereocenters. The van der Waals surface area contributed by atoms with Crippen LogP contribution in [0.15, 0.2) is 30.3 Å². The van der Waals surface area contributed by atoms with E-state index in [-0.39, 0.29) is 23.7 Å². The van der Waals surface area contributed by atoms with E-state index in [9.17, 15) is 9.59 Å². The number of anilines is 1. The van der Waals surface area contributed by atoms with Crippen LogP contribution in [0.4, 0.5) is 5.00 Å². The van der Waals surface area contributed by atoms with Gasteiger partial charge >= 0.3 is 5.97 Å². The van der Waals surface area contributed by atoms with E-state index in [1.165, 1.54) is 10.4 Å². The molecule has 1 heterocycles. The van der Waals surface area contributed by atoms with Crippen LogP contribution in [0, 0.1) is 5.92 Å². The van der Waals surface area contributed by atoms with Crippen molar-refractivity contribution in [3.8, 4) is 0 Å². The van der Waals surface area contributed by atoms with Crippen molar-refractivity contribution in [2.45, 2.75) is 44.9 Å². The second kappa shape index (κ2) is 7.23. The van der Waals surface area contributed by atoms with Gasteiger partial charge in [-0.3, -0.25) is 4.79 Å². The SMILES string of the molecule is CCOC(=O)c1c(NC(=O)[C@@H]2C[C@H]2c2ccccc2)sc2c1CCCC2. The molecular weight excluding hydrogens is 346 g/mol. The molecule has 2 aliphatic carbocycles. The van der Waals surface area contributed by atoms with Gasteiger partial charge in [0.05, 0.1) is 12.2 Å². The third-order valence-electron chi connectivity index (χ3n) is 5.24. The Morgan fingerprint density at radius 3 is 2.73 bits per heavy atom. The highest BCUT2D eigenvalue weighted by atomic mass is 32.1. The number of esters is 1. The van der Waals surface area contributed by atoms with Crippen molar-refractivity contribution in [1.29, 1.82) is 0 Å². The number of fused-ring (bicyclic) bond motifs is 1. The number of carbonyl (C=O) groups excluding carboxylic acids is 2. The Hall–Kier alpha value is -2.14. The summed E-state index contributed by atoms with van der Waals surface area (Å²) in [5.41, 5.74) is 2.89. The standard InChI is InChI=1S/C21H23NO3S/c1-2-25-21(24)18-14-10-6-7-11-17(14)26-20(18)22-19(23)16-12-15(16)13-8-4-3-5-9-13/h3-5,8-9,15-16H,2,6-7,10-12H2,1H3,(H,22,23)/t15-,16+/m0/s1. The third kappa shape index (κ3) is 3.28. The lowest BCUT2D eigenvalue weighted by atomic mass is 9.95. The summed E-state index contributed by atoms with van der Waals surface area (Å²) in [5, 5.41) is 3.73. The summed E-state index contributed by atoms with van der Waals surface area (Å²) in [6.45, 7) is 2.15. The Balaban J connectivity index is 1.54. The molecule has 0 radical (unpaired) electrons. The molecule has 1 amide bonds. The van der Waals surface area contributed by atoms with Crippen molar-refractivity contribution in [2.24, 2.45) is 5.92 Å². The summed E-state index contributed by atoms with van der Waals surface area (Å²) >= 11 is 1.55. The molecule has 5 heteroatoms. The molecule has 4 rings (SSSR count). The lowest BCUT2D eigenvalue weighted by molar-refractivity contribution is -0.117. The summed E-state index contributed by atoms with van der Waals surface area (Å²) in [6.07, 6.45) is 4.98. The lowest BCUT2D eigenvalue weighted by Gasteiger charge is -2.12. The smallest absolute Gasteiger partial charge is 0.341 e. The van der Waals surface area contributed by atoms with E-state index < -0.39 is 0 Å². The van der Waals surface area contributed by atoms with Crippen LogP contribution in [-0.4, -0.2) is 18.5 Å². The van der Waals surface area contributed by atoms with Gasteiger partial charge in [-0.1, -0.05) is 30.3 Å². The number of rotatable bonds is 5. The number of nitrogens with one attached hydrogen (secondary N) is 1. The molecule has 0 spiro atoms. The van der Waals surface area contributed by atoms with Gasteiger partial charge in [-0.05, 0) is 56.1 Å². The Bertz CT molecular complexity index is 827. The van der Waals surface area contributed by atoms with Crippen LogP contribution in [0.2, 0.25) is 0 Å². The highest BCUT2D eigenvalue weighted by Gasteiger charge is 2.44. The predicted molar refractivity (Wildman–Crippen MR) is 103 cm³/mol. The highest BCUT2D eigenvalue weighted by Crippen LogP contribution is 2.48. The monoisotopic (exact) mass is 369 g/mol. The molecule has 1 saturated carbocycles. The minimum atomic E-state index is -0.308. The van der Waals surface area contributed by atoms with Crippen LogP contribution in [-0.2, 0) is 22.4 Å². The summed E-state index contributed by atoms with van der Waals surface area (Å²) in [7, 11) is 0. The fraction of sp³-hybridized carbons (Fsp3) is 0.429. The zero-order valence-corrected chi connectivity index (χ0v) is 15.7. The topological polar surface area (TPSA) is 55.4 Å². The van der Waals surface area contributed by atoms with Gasteiger partial charge < -0.3 is 10.1 Å². The molecule has 4 nitrogen and oxygen atoms in total. The quantitative estimate of drug-likeness (QED) is 0.787. The summed E-state index contributed by atoms with van der Waals surface area (Å²) in [4.78, 5) is 26.5. The van der Waals surface area contributed by atoms with Crippen LogP contribution in [0.5, 0.6) is 0 Å². The van der Waals surface area contributed by atoms with Crippen molar-refractivity contribution in [2.75, 3.05) is 11.9 Å².